The zero-order chi connectivity index (χ0) is 16.0. The first-order chi connectivity index (χ1) is 11.2. The molecule has 1 saturated heterocycles. The predicted molar refractivity (Wildman–Crippen MR) is 93.8 cm³/mol. The number of hydrogen-bond donors (Lipinski definition) is 0. The van der Waals surface area contributed by atoms with Gasteiger partial charge >= 0.3 is 0 Å². The van der Waals surface area contributed by atoms with E-state index in [1.165, 1.54) is 0 Å². The van der Waals surface area contributed by atoms with Crippen LogP contribution < -0.4 is 4.90 Å². The molecular weight excluding hydrogens is 308 g/mol. The van der Waals surface area contributed by atoms with Crippen LogP contribution in [-0.4, -0.2) is 24.4 Å². The lowest BCUT2D eigenvalue weighted by Gasteiger charge is -2.18. The third kappa shape index (κ3) is 2.23. The first-order valence-corrected chi connectivity index (χ1v) is 8.18. The molecule has 0 N–H and O–H groups in total. The summed E-state index contributed by atoms with van der Waals surface area (Å²) >= 11 is 6.13. The number of carbonyl (C=O) groups is 1. The molecule has 4 heteroatoms. The second kappa shape index (κ2) is 5.43. The van der Waals surface area contributed by atoms with Gasteiger partial charge in [0.2, 0.25) is 0 Å². The van der Waals surface area contributed by atoms with Crippen molar-refractivity contribution in [2.45, 2.75) is 12.8 Å². The summed E-state index contributed by atoms with van der Waals surface area (Å²) in [6.07, 6.45) is 2.05. The number of fused-ring (bicyclic) bond motifs is 1. The van der Waals surface area contributed by atoms with Gasteiger partial charge in [-0.1, -0.05) is 35.9 Å². The molecule has 0 unspecified atom stereocenters. The number of allylic oxidation sites excluding steroid dienone is 1. The van der Waals surface area contributed by atoms with Crippen molar-refractivity contribution >= 4 is 34.5 Å². The van der Waals surface area contributed by atoms with E-state index in [1.807, 2.05) is 48.5 Å². The number of halogens is 1. The fourth-order valence-corrected chi connectivity index (χ4v) is 3.68. The summed E-state index contributed by atoms with van der Waals surface area (Å²) < 4.78 is 0. The molecule has 1 fully saturated rings. The largest absolute Gasteiger partial charge is 0.377 e. The van der Waals surface area contributed by atoms with Crippen molar-refractivity contribution in [1.29, 1.82) is 0 Å². The smallest absolute Gasteiger partial charge is 0.265 e. The van der Waals surface area contributed by atoms with Crippen LogP contribution in [0.25, 0.3) is 5.57 Å². The van der Waals surface area contributed by atoms with E-state index >= 15 is 0 Å². The van der Waals surface area contributed by atoms with E-state index < -0.39 is 0 Å². The SMILES string of the molecule is CN1CCC/C1=C1/C(=O)N(c2cccc(Cl)c2)c2ccccc21. The van der Waals surface area contributed by atoms with Crippen molar-refractivity contribution in [1.82, 2.24) is 4.90 Å². The summed E-state index contributed by atoms with van der Waals surface area (Å²) in [6, 6.07) is 15.4. The van der Waals surface area contributed by atoms with Crippen molar-refractivity contribution in [3.63, 3.8) is 0 Å². The Bertz CT molecular complexity index is 828. The van der Waals surface area contributed by atoms with Gasteiger partial charge in [0.15, 0.2) is 0 Å². The molecular formula is C19H17ClN2O. The van der Waals surface area contributed by atoms with Crippen molar-refractivity contribution in [2.75, 3.05) is 18.5 Å². The van der Waals surface area contributed by atoms with Gasteiger partial charge < -0.3 is 4.90 Å². The normalized spacial score (nSPS) is 20.3. The molecule has 116 valence electrons. The fraction of sp³-hybridized carbons (Fsp3) is 0.211. The van der Waals surface area contributed by atoms with E-state index in [-0.39, 0.29) is 5.91 Å². The molecule has 0 aromatic heterocycles. The number of amides is 1. The van der Waals surface area contributed by atoms with Gasteiger partial charge in [-0.15, -0.1) is 0 Å². The molecule has 0 radical (unpaired) electrons. The third-order valence-corrected chi connectivity index (χ3v) is 4.79. The highest BCUT2D eigenvalue weighted by Gasteiger charge is 2.37. The number of likely N-dealkylation sites (tertiary alicyclic amines) is 1. The summed E-state index contributed by atoms with van der Waals surface area (Å²) in [7, 11) is 2.06. The van der Waals surface area contributed by atoms with Gasteiger partial charge in [-0.2, -0.15) is 0 Å². The van der Waals surface area contributed by atoms with Gasteiger partial charge in [0.05, 0.1) is 16.9 Å². The van der Waals surface area contributed by atoms with E-state index in [1.54, 1.807) is 4.90 Å². The Kier molecular flexibility index (Phi) is 3.38. The summed E-state index contributed by atoms with van der Waals surface area (Å²) in [6.45, 7) is 1.01. The number of nitrogens with zero attached hydrogens (tertiary/aromatic N) is 2. The van der Waals surface area contributed by atoms with E-state index in [2.05, 4.69) is 11.9 Å². The number of rotatable bonds is 1. The lowest BCUT2D eigenvalue weighted by Crippen LogP contribution is -2.22. The molecule has 23 heavy (non-hydrogen) atoms. The van der Waals surface area contributed by atoms with Gasteiger partial charge in [-0.25, -0.2) is 0 Å². The predicted octanol–water partition coefficient (Wildman–Crippen LogP) is 4.46. The Morgan fingerprint density at radius 3 is 2.65 bits per heavy atom. The van der Waals surface area contributed by atoms with Crippen molar-refractivity contribution in [3.8, 4) is 0 Å². The van der Waals surface area contributed by atoms with Crippen LogP contribution >= 0.6 is 11.6 Å². The number of benzene rings is 2. The average molecular weight is 325 g/mol. The fourth-order valence-electron chi connectivity index (χ4n) is 3.49. The van der Waals surface area contributed by atoms with Crippen LogP contribution in [0.15, 0.2) is 54.2 Å². The van der Waals surface area contributed by atoms with Crippen molar-refractivity contribution in [2.24, 2.45) is 0 Å². The summed E-state index contributed by atoms with van der Waals surface area (Å²) in [5, 5.41) is 0.631. The van der Waals surface area contributed by atoms with Crippen molar-refractivity contribution < 1.29 is 4.79 Å². The monoisotopic (exact) mass is 324 g/mol. The van der Waals surface area contributed by atoms with Gasteiger partial charge in [-0.05, 0) is 37.1 Å². The lowest BCUT2D eigenvalue weighted by atomic mass is 10.0. The highest BCUT2D eigenvalue weighted by Crippen LogP contribution is 2.44. The number of carbonyl (C=O) groups excluding carboxylic acids is 1. The number of anilines is 2. The van der Waals surface area contributed by atoms with Crippen LogP contribution in [0.5, 0.6) is 0 Å². The molecule has 2 aliphatic rings. The van der Waals surface area contributed by atoms with Gasteiger partial charge in [-0.3, -0.25) is 9.69 Å². The molecule has 0 atom stereocenters. The first-order valence-electron chi connectivity index (χ1n) is 7.80. The minimum Gasteiger partial charge on any atom is -0.377 e. The Balaban J connectivity index is 1.92. The van der Waals surface area contributed by atoms with E-state index in [0.29, 0.717) is 5.02 Å². The maximum atomic E-state index is 13.2. The summed E-state index contributed by atoms with van der Waals surface area (Å²) in [5.41, 5.74) is 4.74. The molecule has 4 rings (SSSR count). The van der Waals surface area contributed by atoms with Gasteiger partial charge in [0.25, 0.3) is 5.91 Å². The topological polar surface area (TPSA) is 23.6 Å². The Hall–Kier alpha value is -2.26. The maximum absolute atomic E-state index is 13.2. The molecule has 0 bridgehead atoms. The maximum Gasteiger partial charge on any atom is 0.265 e. The van der Waals surface area contributed by atoms with Gasteiger partial charge in [0.1, 0.15) is 0 Å². The Labute approximate surface area is 140 Å². The molecule has 0 aliphatic carbocycles. The zero-order valence-electron chi connectivity index (χ0n) is 12.9. The van der Waals surface area contributed by atoms with Gasteiger partial charge in [0, 0.05) is 29.9 Å². The standard InChI is InChI=1S/C19H17ClN2O/c1-21-11-5-10-17(21)18-15-8-2-3-9-16(15)22(19(18)23)14-7-4-6-13(20)12-14/h2-4,6-9,12H,5,10-11H2,1H3/b18-17-. The number of para-hydroxylation sites is 1. The van der Waals surface area contributed by atoms with E-state index in [9.17, 15) is 4.79 Å². The van der Waals surface area contributed by atoms with Crippen molar-refractivity contribution in [3.05, 3.63) is 64.8 Å². The molecule has 2 aromatic carbocycles. The minimum absolute atomic E-state index is 0.0391. The second-order valence-corrected chi connectivity index (χ2v) is 6.42. The minimum atomic E-state index is 0.0391. The zero-order valence-corrected chi connectivity index (χ0v) is 13.7. The Morgan fingerprint density at radius 2 is 1.91 bits per heavy atom. The molecule has 2 aromatic rings. The molecule has 2 heterocycles. The molecule has 0 saturated carbocycles. The van der Waals surface area contributed by atoms with Crippen LogP contribution in [0.2, 0.25) is 5.02 Å². The first kappa shape index (κ1) is 14.3. The van der Waals surface area contributed by atoms with E-state index in [0.717, 1.165) is 47.6 Å². The summed E-state index contributed by atoms with van der Waals surface area (Å²) in [5.74, 6) is 0.0391. The Morgan fingerprint density at radius 1 is 1.09 bits per heavy atom. The van der Waals surface area contributed by atoms with Crippen LogP contribution in [0.4, 0.5) is 11.4 Å². The molecule has 3 nitrogen and oxygen atoms in total. The van der Waals surface area contributed by atoms with Crippen LogP contribution in [0, 0.1) is 0 Å². The molecule has 1 amide bonds. The third-order valence-electron chi connectivity index (χ3n) is 4.55. The molecule has 2 aliphatic heterocycles. The van der Waals surface area contributed by atoms with E-state index in [4.69, 9.17) is 11.6 Å². The average Bonchev–Trinajstić information content (AvgIpc) is 3.07. The lowest BCUT2D eigenvalue weighted by molar-refractivity contribution is -0.112. The highest BCUT2D eigenvalue weighted by atomic mass is 35.5. The quantitative estimate of drug-likeness (QED) is 0.723. The summed E-state index contributed by atoms with van der Waals surface area (Å²) in [4.78, 5) is 17.2. The molecule has 0 spiro atoms. The van der Waals surface area contributed by atoms with Crippen LogP contribution in [0.3, 0.4) is 0 Å². The second-order valence-electron chi connectivity index (χ2n) is 5.98. The van der Waals surface area contributed by atoms with Crippen LogP contribution in [-0.2, 0) is 4.79 Å². The highest BCUT2D eigenvalue weighted by molar-refractivity contribution is 6.36. The van der Waals surface area contributed by atoms with Crippen LogP contribution in [0.1, 0.15) is 18.4 Å². The number of hydrogen-bond acceptors (Lipinski definition) is 2.